The van der Waals surface area contributed by atoms with Crippen LogP contribution in [-0.4, -0.2) is 16.0 Å². The lowest BCUT2D eigenvalue weighted by Gasteiger charge is -1.93. The van der Waals surface area contributed by atoms with Crippen LogP contribution in [0, 0.1) is 12.3 Å². The minimum absolute atomic E-state index is 0. The third kappa shape index (κ3) is 2.51. The number of nitrogens with two attached hydrogens (primary N) is 1. The molecule has 0 saturated heterocycles. The molecule has 0 aromatic carbocycles. The number of halogens is 1. The highest BCUT2D eigenvalue weighted by Crippen LogP contribution is 1.92. The summed E-state index contributed by atoms with van der Waals surface area (Å²) in [5, 5.41) is 14.4. The second kappa shape index (κ2) is 3.88. The summed E-state index contributed by atoms with van der Waals surface area (Å²) in [5.41, 5.74) is 6.39. The number of rotatable bonds is 1. The van der Waals surface area contributed by atoms with Crippen LogP contribution in [0.25, 0.3) is 0 Å². The van der Waals surface area contributed by atoms with Gasteiger partial charge in [-0.3, -0.25) is 5.41 Å². The Morgan fingerprint density at radius 2 is 2.09 bits per heavy atom. The molecular weight excluding hydrogens is 164 g/mol. The van der Waals surface area contributed by atoms with Crippen LogP contribution in [-0.2, 0) is 0 Å². The summed E-state index contributed by atoms with van der Waals surface area (Å²) in [5.74, 6) is -0.0486. The molecule has 60 valence electrons. The maximum absolute atomic E-state index is 6.98. The van der Waals surface area contributed by atoms with Gasteiger partial charge in [0, 0.05) is 0 Å². The average Bonchev–Trinajstić information content (AvgIpc) is 1.88. The van der Waals surface area contributed by atoms with Crippen molar-refractivity contribution in [1.82, 2.24) is 10.2 Å². The highest BCUT2D eigenvalue weighted by Gasteiger charge is 1.95. The molecule has 0 radical (unpaired) electrons. The van der Waals surface area contributed by atoms with Crippen molar-refractivity contribution in [3.8, 4) is 0 Å². The van der Waals surface area contributed by atoms with Gasteiger partial charge in [0.25, 0.3) is 0 Å². The number of hydrogen-bond donors (Lipinski definition) is 2. The Morgan fingerprint density at radius 1 is 1.45 bits per heavy atom. The molecule has 0 aliphatic rings. The number of amidine groups is 1. The molecule has 0 aliphatic carbocycles. The van der Waals surface area contributed by atoms with E-state index in [0.29, 0.717) is 5.69 Å². The van der Waals surface area contributed by atoms with Crippen molar-refractivity contribution >= 4 is 18.2 Å². The maximum atomic E-state index is 6.98. The van der Waals surface area contributed by atoms with Gasteiger partial charge in [-0.15, -0.1) is 17.5 Å². The summed E-state index contributed by atoms with van der Waals surface area (Å²) in [6.45, 7) is 1.83. The fourth-order valence-corrected chi connectivity index (χ4v) is 0.543. The van der Waals surface area contributed by atoms with E-state index in [1.807, 2.05) is 6.92 Å². The Morgan fingerprint density at radius 3 is 2.45 bits per heavy atom. The van der Waals surface area contributed by atoms with Crippen LogP contribution >= 0.6 is 12.4 Å². The quantitative estimate of drug-likeness (QED) is 0.478. The molecule has 0 fully saturated rings. The lowest BCUT2D eigenvalue weighted by Crippen LogP contribution is -2.13. The largest absolute Gasteiger partial charge is 0.382 e. The van der Waals surface area contributed by atoms with Crippen LogP contribution in [0.15, 0.2) is 12.1 Å². The minimum atomic E-state index is -0.0486. The molecular formula is C6H9ClN4. The minimum Gasteiger partial charge on any atom is -0.382 e. The molecule has 1 rings (SSSR count). The number of nitrogens with zero attached hydrogens (tertiary/aromatic N) is 2. The molecule has 1 aromatic rings. The van der Waals surface area contributed by atoms with E-state index in [9.17, 15) is 0 Å². The Balaban J connectivity index is 0.000001000. The van der Waals surface area contributed by atoms with Gasteiger partial charge in [0.1, 0.15) is 11.5 Å². The van der Waals surface area contributed by atoms with Gasteiger partial charge >= 0.3 is 0 Å². The monoisotopic (exact) mass is 172 g/mol. The summed E-state index contributed by atoms with van der Waals surface area (Å²) >= 11 is 0. The summed E-state index contributed by atoms with van der Waals surface area (Å²) in [7, 11) is 0. The van der Waals surface area contributed by atoms with Gasteiger partial charge in [-0.1, -0.05) is 0 Å². The third-order valence-corrected chi connectivity index (χ3v) is 1.07. The van der Waals surface area contributed by atoms with Crippen LogP contribution in [0.1, 0.15) is 11.4 Å². The normalized spacial score (nSPS) is 8.45. The first-order valence-electron chi connectivity index (χ1n) is 2.85. The number of nitrogen functional groups attached to an aromatic ring is 1. The molecule has 5 heteroatoms. The Labute approximate surface area is 70.7 Å². The van der Waals surface area contributed by atoms with Crippen molar-refractivity contribution in [2.45, 2.75) is 6.92 Å². The summed E-state index contributed by atoms with van der Waals surface area (Å²) < 4.78 is 0. The lowest BCUT2D eigenvalue weighted by molar-refractivity contribution is 0.965. The standard InChI is InChI=1S/C6H8N4.ClH/c1-4-2-3-5(6(7)8)10-9-4;/h2-3H,1H3,(H3,7,8);1H. The average molecular weight is 173 g/mol. The van der Waals surface area contributed by atoms with Crippen molar-refractivity contribution in [2.75, 3.05) is 0 Å². The van der Waals surface area contributed by atoms with Crippen molar-refractivity contribution in [2.24, 2.45) is 5.73 Å². The highest BCUT2D eigenvalue weighted by molar-refractivity contribution is 5.92. The van der Waals surface area contributed by atoms with Gasteiger partial charge in [0.2, 0.25) is 0 Å². The van der Waals surface area contributed by atoms with Gasteiger partial charge in [0.05, 0.1) is 5.69 Å². The predicted octanol–water partition coefficient (Wildman–Crippen LogP) is 0.491. The van der Waals surface area contributed by atoms with Gasteiger partial charge in [-0.25, -0.2) is 0 Å². The van der Waals surface area contributed by atoms with E-state index in [1.54, 1.807) is 12.1 Å². The zero-order chi connectivity index (χ0) is 7.56. The smallest absolute Gasteiger partial charge is 0.143 e. The maximum Gasteiger partial charge on any atom is 0.143 e. The van der Waals surface area contributed by atoms with Gasteiger partial charge in [0.15, 0.2) is 0 Å². The van der Waals surface area contributed by atoms with Crippen LogP contribution < -0.4 is 5.73 Å². The van der Waals surface area contributed by atoms with Crippen molar-refractivity contribution in [3.05, 3.63) is 23.5 Å². The van der Waals surface area contributed by atoms with Gasteiger partial charge < -0.3 is 5.73 Å². The Hall–Kier alpha value is -1.16. The second-order valence-electron chi connectivity index (χ2n) is 1.97. The number of aryl methyl sites for hydroxylation is 1. The predicted molar refractivity (Wildman–Crippen MR) is 45.0 cm³/mol. The second-order valence-corrected chi connectivity index (χ2v) is 1.97. The van der Waals surface area contributed by atoms with E-state index in [2.05, 4.69) is 10.2 Å². The van der Waals surface area contributed by atoms with E-state index >= 15 is 0 Å². The zero-order valence-corrected chi connectivity index (χ0v) is 6.85. The van der Waals surface area contributed by atoms with E-state index in [1.165, 1.54) is 0 Å². The number of nitrogens with one attached hydrogen (secondary N) is 1. The van der Waals surface area contributed by atoms with E-state index < -0.39 is 0 Å². The van der Waals surface area contributed by atoms with Gasteiger partial charge in [-0.05, 0) is 19.1 Å². The molecule has 0 unspecified atom stereocenters. The highest BCUT2D eigenvalue weighted by atomic mass is 35.5. The fraction of sp³-hybridized carbons (Fsp3) is 0.167. The van der Waals surface area contributed by atoms with E-state index in [-0.39, 0.29) is 18.2 Å². The van der Waals surface area contributed by atoms with E-state index in [0.717, 1.165) is 5.69 Å². The fourth-order valence-electron chi connectivity index (χ4n) is 0.543. The molecule has 0 atom stereocenters. The van der Waals surface area contributed by atoms with Crippen LogP contribution in [0.4, 0.5) is 0 Å². The third-order valence-electron chi connectivity index (χ3n) is 1.07. The molecule has 11 heavy (non-hydrogen) atoms. The van der Waals surface area contributed by atoms with E-state index in [4.69, 9.17) is 11.1 Å². The number of hydrogen-bond acceptors (Lipinski definition) is 3. The van der Waals surface area contributed by atoms with Crippen LogP contribution in [0.3, 0.4) is 0 Å². The van der Waals surface area contributed by atoms with Crippen molar-refractivity contribution in [3.63, 3.8) is 0 Å². The first-order valence-corrected chi connectivity index (χ1v) is 2.85. The first-order chi connectivity index (χ1) is 4.70. The van der Waals surface area contributed by atoms with Crippen LogP contribution in [0.5, 0.6) is 0 Å². The Bertz CT molecular complexity index is 243. The summed E-state index contributed by atoms with van der Waals surface area (Å²) in [6, 6.07) is 3.44. The summed E-state index contributed by atoms with van der Waals surface area (Å²) in [4.78, 5) is 0. The van der Waals surface area contributed by atoms with Crippen molar-refractivity contribution in [1.29, 1.82) is 5.41 Å². The number of aromatic nitrogens is 2. The first kappa shape index (κ1) is 9.84. The van der Waals surface area contributed by atoms with Crippen molar-refractivity contribution < 1.29 is 0 Å². The zero-order valence-electron chi connectivity index (χ0n) is 6.03. The molecule has 0 aliphatic heterocycles. The molecule has 0 spiro atoms. The topological polar surface area (TPSA) is 75.7 Å². The molecule has 0 saturated carbocycles. The molecule has 1 heterocycles. The molecule has 3 N–H and O–H groups in total. The summed E-state index contributed by atoms with van der Waals surface area (Å²) in [6.07, 6.45) is 0. The van der Waals surface area contributed by atoms with Gasteiger partial charge in [-0.2, -0.15) is 5.10 Å². The Kier molecular flexibility index (Phi) is 3.47. The molecule has 4 nitrogen and oxygen atoms in total. The van der Waals surface area contributed by atoms with Crippen LogP contribution in [0.2, 0.25) is 0 Å². The molecule has 0 bridgehead atoms. The lowest BCUT2D eigenvalue weighted by atomic mass is 10.3. The SMILES string of the molecule is Cc1ccc(C(=N)N)nn1.Cl. The molecule has 0 amide bonds. The molecule has 1 aromatic heterocycles.